The maximum atomic E-state index is 12.7. The number of ether oxygens (including phenoxy) is 5. The topological polar surface area (TPSA) is 161 Å². The van der Waals surface area contributed by atoms with Crippen LogP contribution in [0.5, 0.6) is 0 Å². The van der Waals surface area contributed by atoms with E-state index in [9.17, 15) is 30.0 Å². The molecule has 1 aliphatic carbocycles. The summed E-state index contributed by atoms with van der Waals surface area (Å²) < 4.78 is 27.7. The average Bonchev–Trinajstić information content (AvgIpc) is 3.20. The van der Waals surface area contributed by atoms with Gasteiger partial charge in [0.25, 0.3) is 0 Å². The highest BCUT2D eigenvalue weighted by Crippen LogP contribution is 2.48. The summed E-state index contributed by atoms with van der Waals surface area (Å²) in [5.74, 6) is -2.38. The van der Waals surface area contributed by atoms with Gasteiger partial charge in [0.05, 0.1) is 31.1 Å². The molecule has 2 fully saturated rings. The van der Waals surface area contributed by atoms with Crippen LogP contribution in [0.1, 0.15) is 23.7 Å². The minimum Gasteiger partial charge on any atom is -0.472 e. The maximum absolute atomic E-state index is 12.7. The van der Waals surface area contributed by atoms with Gasteiger partial charge in [-0.3, -0.25) is 0 Å². The Labute approximate surface area is 201 Å². The van der Waals surface area contributed by atoms with E-state index in [1.165, 1.54) is 13.4 Å². The number of hydrogen-bond donors (Lipinski definition) is 4. The second kappa shape index (κ2) is 10.6. The Morgan fingerprint density at radius 3 is 2.40 bits per heavy atom. The van der Waals surface area contributed by atoms with E-state index >= 15 is 0 Å². The number of hydrogen-bond acceptors (Lipinski definition) is 11. The summed E-state index contributed by atoms with van der Waals surface area (Å²) in [7, 11) is 1.25. The van der Waals surface area contributed by atoms with Crippen molar-refractivity contribution in [1.29, 1.82) is 0 Å². The summed E-state index contributed by atoms with van der Waals surface area (Å²) in [6, 6.07) is 8.52. The summed E-state index contributed by atoms with van der Waals surface area (Å²) in [5, 5.41) is 39.9. The van der Waals surface area contributed by atoms with Crippen molar-refractivity contribution in [2.45, 2.75) is 56.4 Å². The van der Waals surface area contributed by atoms with Crippen LogP contribution >= 0.6 is 0 Å². The number of benzene rings is 1. The van der Waals surface area contributed by atoms with Gasteiger partial charge in [-0.05, 0) is 18.6 Å². The fourth-order valence-corrected chi connectivity index (χ4v) is 5.01. The van der Waals surface area contributed by atoms with Gasteiger partial charge in [-0.25, -0.2) is 9.59 Å². The Balaban J connectivity index is 1.55. The van der Waals surface area contributed by atoms with Gasteiger partial charge < -0.3 is 44.1 Å². The van der Waals surface area contributed by atoms with E-state index in [0.717, 1.165) is 0 Å². The van der Waals surface area contributed by atoms with Gasteiger partial charge in [0.15, 0.2) is 6.29 Å². The molecule has 11 heteroatoms. The first kappa shape index (κ1) is 25.5. The first-order chi connectivity index (χ1) is 16.8. The summed E-state index contributed by atoms with van der Waals surface area (Å²) in [6.07, 6.45) is -7.45. The number of aliphatic hydroxyl groups excluding tert-OH is 4. The van der Waals surface area contributed by atoms with Crippen molar-refractivity contribution in [3.63, 3.8) is 0 Å². The number of carbonyl (C=O) groups is 2. The van der Waals surface area contributed by atoms with Gasteiger partial charge in [-0.1, -0.05) is 25.1 Å². The molecule has 1 aromatic rings. The molecule has 2 aliphatic heterocycles. The molecule has 0 radical (unpaired) electrons. The van der Waals surface area contributed by atoms with E-state index in [1.807, 2.05) is 6.92 Å². The van der Waals surface area contributed by atoms with Crippen LogP contribution in [0.3, 0.4) is 0 Å². The van der Waals surface area contributed by atoms with Crippen LogP contribution in [0.2, 0.25) is 0 Å². The predicted octanol–water partition coefficient (Wildman–Crippen LogP) is -0.286. The normalized spacial score (nSPS) is 38.6. The number of fused-ring (bicyclic) bond motifs is 1. The Morgan fingerprint density at radius 1 is 1.03 bits per heavy atom. The minimum atomic E-state index is -1.62. The number of rotatable bonds is 6. The van der Waals surface area contributed by atoms with Gasteiger partial charge >= 0.3 is 11.9 Å². The third-order valence-electron chi connectivity index (χ3n) is 6.99. The molecule has 4 rings (SSSR count). The lowest BCUT2D eigenvalue weighted by molar-refractivity contribution is -0.342. The molecule has 0 aromatic heterocycles. The van der Waals surface area contributed by atoms with E-state index in [0.29, 0.717) is 12.0 Å². The SMILES string of the molecule is COC(=O)C1=COC(OC2OC(CO)C(O)C(O)C2O)C2C1CC(OC(=O)c1ccccc1)C2C. The van der Waals surface area contributed by atoms with Crippen molar-refractivity contribution in [2.75, 3.05) is 13.7 Å². The van der Waals surface area contributed by atoms with Crippen molar-refractivity contribution in [3.8, 4) is 0 Å². The van der Waals surface area contributed by atoms with Crippen LogP contribution in [-0.2, 0) is 28.5 Å². The standard InChI is InChI=1S/C24H30O11/c1-11-15(33-21(29)12-6-4-3-5-7-12)8-13-14(22(30)31-2)10-32-23(17(11)13)35-24-20(28)19(27)18(26)16(9-25)34-24/h3-7,10-11,13,15-20,23-28H,8-9H2,1-2H3. The van der Waals surface area contributed by atoms with E-state index < -0.39 is 73.5 Å². The van der Waals surface area contributed by atoms with E-state index in [2.05, 4.69) is 0 Å². The molecule has 4 N–H and O–H groups in total. The summed E-state index contributed by atoms with van der Waals surface area (Å²) >= 11 is 0. The zero-order chi connectivity index (χ0) is 25.3. The van der Waals surface area contributed by atoms with Crippen LogP contribution in [0.15, 0.2) is 42.2 Å². The van der Waals surface area contributed by atoms with Crippen LogP contribution in [-0.4, -0.2) is 89.2 Å². The van der Waals surface area contributed by atoms with Crippen LogP contribution in [0, 0.1) is 17.8 Å². The summed E-state index contributed by atoms with van der Waals surface area (Å²) in [6.45, 7) is 1.23. The van der Waals surface area contributed by atoms with E-state index in [4.69, 9.17) is 23.7 Å². The number of aliphatic hydroxyl groups is 4. The number of methoxy groups -OCH3 is 1. The molecule has 1 aromatic carbocycles. The quantitative estimate of drug-likeness (QED) is 0.385. The number of esters is 2. The van der Waals surface area contributed by atoms with Gasteiger partial charge in [0.1, 0.15) is 30.5 Å². The van der Waals surface area contributed by atoms with Crippen molar-refractivity contribution >= 4 is 11.9 Å². The highest BCUT2D eigenvalue weighted by Gasteiger charge is 2.54. The first-order valence-corrected chi connectivity index (χ1v) is 11.4. The largest absolute Gasteiger partial charge is 0.472 e. The van der Waals surface area contributed by atoms with Crippen molar-refractivity contribution in [3.05, 3.63) is 47.7 Å². The first-order valence-electron chi connectivity index (χ1n) is 11.4. The maximum Gasteiger partial charge on any atom is 0.338 e. The molecule has 10 atom stereocenters. The van der Waals surface area contributed by atoms with Crippen molar-refractivity contribution in [1.82, 2.24) is 0 Å². The fraction of sp³-hybridized carbons (Fsp3) is 0.583. The molecule has 11 nitrogen and oxygen atoms in total. The average molecular weight is 494 g/mol. The van der Waals surface area contributed by atoms with Crippen molar-refractivity contribution < 1.29 is 53.7 Å². The van der Waals surface area contributed by atoms with E-state index in [1.54, 1.807) is 30.3 Å². The molecule has 35 heavy (non-hydrogen) atoms. The number of carbonyl (C=O) groups excluding carboxylic acids is 2. The molecule has 0 amide bonds. The van der Waals surface area contributed by atoms with Crippen LogP contribution in [0.25, 0.3) is 0 Å². The van der Waals surface area contributed by atoms with Gasteiger partial charge in [-0.15, -0.1) is 0 Å². The van der Waals surface area contributed by atoms with Gasteiger partial charge in [0, 0.05) is 17.8 Å². The Bertz CT molecular complexity index is 933. The predicted molar refractivity (Wildman–Crippen MR) is 116 cm³/mol. The third-order valence-corrected chi connectivity index (χ3v) is 6.99. The molecule has 192 valence electrons. The van der Waals surface area contributed by atoms with Gasteiger partial charge in [-0.2, -0.15) is 0 Å². The lowest BCUT2D eigenvalue weighted by atomic mass is 9.83. The van der Waals surface area contributed by atoms with Crippen molar-refractivity contribution in [2.24, 2.45) is 17.8 Å². The monoisotopic (exact) mass is 494 g/mol. The second-order valence-corrected chi connectivity index (χ2v) is 8.99. The molecule has 1 saturated carbocycles. The molecule has 3 aliphatic rings. The highest BCUT2D eigenvalue weighted by molar-refractivity contribution is 5.90. The lowest BCUT2D eigenvalue weighted by Crippen LogP contribution is -2.60. The smallest absolute Gasteiger partial charge is 0.338 e. The zero-order valence-electron chi connectivity index (χ0n) is 19.3. The lowest BCUT2D eigenvalue weighted by Gasteiger charge is -2.43. The van der Waals surface area contributed by atoms with Gasteiger partial charge in [0.2, 0.25) is 6.29 Å². The Hall–Kier alpha value is -2.54. The van der Waals surface area contributed by atoms with Crippen LogP contribution < -0.4 is 0 Å². The molecule has 1 saturated heterocycles. The molecule has 10 unspecified atom stereocenters. The molecule has 0 bridgehead atoms. The second-order valence-electron chi connectivity index (χ2n) is 8.99. The zero-order valence-corrected chi connectivity index (χ0v) is 19.3. The Morgan fingerprint density at radius 2 is 1.74 bits per heavy atom. The highest BCUT2D eigenvalue weighted by atomic mass is 16.8. The minimum absolute atomic E-state index is 0.260. The molecular weight excluding hydrogens is 464 g/mol. The Kier molecular flexibility index (Phi) is 7.74. The molecule has 2 heterocycles. The van der Waals surface area contributed by atoms with E-state index in [-0.39, 0.29) is 11.5 Å². The van der Waals surface area contributed by atoms with Crippen LogP contribution in [0.4, 0.5) is 0 Å². The molecule has 0 spiro atoms. The third kappa shape index (κ3) is 4.92. The summed E-state index contributed by atoms with van der Waals surface area (Å²) in [4.78, 5) is 25.1. The summed E-state index contributed by atoms with van der Waals surface area (Å²) in [5.41, 5.74) is 0.653. The fourth-order valence-electron chi connectivity index (χ4n) is 5.01. The molecular formula is C24H30O11.